The van der Waals surface area contributed by atoms with Gasteiger partial charge in [0.05, 0.1) is 0 Å². The Morgan fingerprint density at radius 3 is 2.57 bits per heavy atom. The fourth-order valence-electron chi connectivity index (χ4n) is 1.50. The van der Waals surface area contributed by atoms with Crippen LogP contribution < -0.4 is 0 Å². The van der Waals surface area contributed by atoms with E-state index in [-0.39, 0.29) is 5.92 Å². The first-order valence-corrected chi connectivity index (χ1v) is 5.10. The van der Waals surface area contributed by atoms with Gasteiger partial charge < -0.3 is 0 Å². The Morgan fingerprint density at radius 1 is 1.36 bits per heavy atom. The van der Waals surface area contributed by atoms with Crippen LogP contribution in [0.1, 0.15) is 25.3 Å². The summed E-state index contributed by atoms with van der Waals surface area (Å²) in [7, 11) is 0. The number of ketones is 1. The Bertz CT molecular complexity index is 277. The molecule has 1 radical (unpaired) electrons. The fraction of sp³-hybridized carbons (Fsp3) is 0.385. The lowest BCUT2D eigenvalue weighted by atomic mass is 9.95. The van der Waals surface area contributed by atoms with Crippen molar-refractivity contribution in [3.8, 4) is 0 Å². The molecule has 0 N–H and O–H groups in total. The monoisotopic (exact) mass is 189 g/mol. The van der Waals surface area contributed by atoms with Crippen molar-refractivity contribution in [3.63, 3.8) is 0 Å². The molecule has 0 bridgehead atoms. The molecule has 1 aromatic carbocycles. The van der Waals surface area contributed by atoms with E-state index in [1.54, 1.807) is 0 Å². The third kappa shape index (κ3) is 3.33. The van der Waals surface area contributed by atoms with Gasteiger partial charge in [-0.15, -0.1) is 0 Å². The molecule has 0 aliphatic carbocycles. The van der Waals surface area contributed by atoms with E-state index in [1.165, 1.54) is 5.56 Å². The second-order valence-corrected chi connectivity index (χ2v) is 3.66. The van der Waals surface area contributed by atoms with Gasteiger partial charge in [0.1, 0.15) is 5.78 Å². The van der Waals surface area contributed by atoms with E-state index in [4.69, 9.17) is 0 Å². The van der Waals surface area contributed by atoms with Crippen LogP contribution in [0.5, 0.6) is 0 Å². The van der Waals surface area contributed by atoms with Crippen LogP contribution in [0.25, 0.3) is 0 Å². The maximum Gasteiger partial charge on any atom is 0.136 e. The molecule has 0 saturated heterocycles. The van der Waals surface area contributed by atoms with Crippen molar-refractivity contribution in [2.45, 2.75) is 26.2 Å². The van der Waals surface area contributed by atoms with E-state index in [0.717, 1.165) is 6.42 Å². The van der Waals surface area contributed by atoms with Crippen LogP contribution in [0.2, 0.25) is 0 Å². The van der Waals surface area contributed by atoms with Gasteiger partial charge in [0, 0.05) is 12.3 Å². The van der Waals surface area contributed by atoms with Crippen LogP contribution in [0.4, 0.5) is 0 Å². The van der Waals surface area contributed by atoms with Gasteiger partial charge in [-0.05, 0) is 18.4 Å². The van der Waals surface area contributed by atoms with Crippen LogP contribution in [0.15, 0.2) is 30.3 Å². The third-order valence-corrected chi connectivity index (χ3v) is 2.36. The van der Waals surface area contributed by atoms with Gasteiger partial charge in [-0.2, -0.15) is 0 Å². The number of carbonyl (C=O) groups is 1. The number of Topliss-reactive ketones (excluding diaryl/α,β-unsaturated/α-hetero) is 1. The Morgan fingerprint density at radius 2 is 2.00 bits per heavy atom. The highest BCUT2D eigenvalue weighted by Gasteiger charge is 2.11. The standard InChI is InChI=1S/C13H17O/c1-3-7-13(14)11(2)10-12-8-5-4-6-9-12/h4-6,8-9,11H,1,3,7,10H2,2H3. The van der Waals surface area contributed by atoms with E-state index in [9.17, 15) is 4.79 Å². The highest BCUT2D eigenvalue weighted by atomic mass is 16.1. The zero-order valence-corrected chi connectivity index (χ0v) is 8.70. The topological polar surface area (TPSA) is 17.1 Å². The maximum absolute atomic E-state index is 11.5. The minimum Gasteiger partial charge on any atom is -0.299 e. The molecule has 1 rings (SSSR count). The van der Waals surface area contributed by atoms with Crippen molar-refractivity contribution >= 4 is 5.78 Å². The van der Waals surface area contributed by atoms with Crippen molar-refractivity contribution in [2.75, 3.05) is 0 Å². The molecular weight excluding hydrogens is 172 g/mol. The smallest absolute Gasteiger partial charge is 0.136 e. The highest BCUT2D eigenvalue weighted by Crippen LogP contribution is 2.11. The van der Waals surface area contributed by atoms with E-state index in [1.807, 2.05) is 25.1 Å². The fourth-order valence-corrected chi connectivity index (χ4v) is 1.50. The molecule has 1 atom stereocenters. The van der Waals surface area contributed by atoms with Crippen molar-refractivity contribution in [1.82, 2.24) is 0 Å². The summed E-state index contributed by atoms with van der Waals surface area (Å²) in [6, 6.07) is 10.1. The first-order valence-electron chi connectivity index (χ1n) is 5.10. The van der Waals surface area contributed by atoms with Crippen molar-refractivity contribution in [2.24, 2.45) is 5.92 Å². The molecule has 0 amide bonds. The number of hydrogen-bond donors (Lipinski definition) is 0. The summed E-state index contributed by atoms with van der Waals surface area (Å²) in [5.74, 6) is 0.447. The van der Waals surface area contributed by atoms with Crippen molar-refractivity contribution in [3.05, 3.63) is 42.8 Å². The van der Waals surface area contributed by atoms with Gasteiger partial charge in [-0.1, -0.05) is 44.2 Å². The molecule has 1 heteroatoms. The molecule has 0 saturated carbocycles. The first-order chi connectivity index (χ1) is 6.74. The van der Waals surface area contributed by atoms with Gasteiger partial charge in [0.25, 0.3) is 0 Å². The predicted octanol–water partition coefficient (Wildman–Crippen LogP) is 3.05. The quantitative estimate of drug-likeness (QED) is 0.695. The lowest BCUT2D eigenvalue weighted by molar-refractivity contribution is -0.122. The Balaban J connectivity index is 2.49. The lowest BCUT2D eigenvalue weighted by Crippen LogP contribution is -2.12. The molecule has 0 aliphatic rings. The Labute approximate surface area is 86.1 Å². The summed E-state index contributed by atoms with van der Waals surface area (Å²) >= 11 is 0. The second kappa shape index (κ2) is 5.58. The van der Waals surface area contributed by atoms with Gasteiger partial charge in [-0.25, -0.2) is 0 Å². The van der Waals surface area contributed by atoms with Crippen molar-refractivity contribution in [1.29, 1.82) is 0 Å². The van der Waals surface area contributed by atoms with Gasteiger partial charge in [0.2, 0.25) is 0 Å². The van der Waals surface area contributed by atoms with Crippen LogP contribution in [-0.2, 0) is 11.2 Å². The molecule has 0 heterocycles. The molecule has 75 valence electrons. The summed E-state index contributed by atoms with van der Waals surface area (Å²) in [5, 5.41) is 0. The largest absolute Gasteiger partial charge is 0.299 e. The number of carbonyl (C=O) groups excluding carboxylic acids is 1. The summed E-state index contributed by atoms with van der Waals surface area (Å²) in [6.45, 7) is 5.69. The molecule has 0 aliphatic heterocycles. The van der Waals surface area contributed by atoms with E-state index >= 15 is 0 Å². The predicted molar refractivity (Wildman–Crippen MR) is 58.9 cm³/mol. The normalized spacial score (nSPS) is 12.4. The third-order valence-electron chi connectivity index (χ3n) is 2.36. The molecule has 14 heavy (non-hydrogen) atoms. The summed E-state index contributed by atoms with van der Waals surface area (Å²) < 4.78 is 0. The number of hydrogen-bond acceptors (Lipinski definition) is 1. The molecule has 0 aromatic heterocycles. The molecule has 0 spiro atoms. The lowest BCUT2D eigenvalue weighted by Gasteiger charge is -2.09. The first kappa shape index (κ1) is 11.0. The Hall–Kier alpha value is -1.11. The Kier molecular flexibility index (Phi) is 4.37. The van der Waals surface area contributed by atoms with Crippen molar-refractivity contribution < 1.29 is 4.79 Å². The zero-order chi connectivity index (χ0) is 10.4. The molecule has 0 fully saturated rings. The number of rotatable bonds is 5. The minimum atomic E-state index is 0.124. The molecule has 1 nitrogen and oxygen atoms in total. The zero-order valence-electron chi connectivity index (χ0n) is 8.70. The second-order valence-electron chi connectivity index (χ2n) is 3.66. The average Bonchev–Trinajstić information content (AvgIpc) is 2.19. The van der Waals surface area contributed by atoms with Crippen LogP contribution in [-0.4, -0.2) is 5.78 Å². The molecular formula is C13H17O. The number of benzene rings is 1. The van der Waals surface area contributed by atoms with Gasteiger partial charge in [0.15, 0.2) is 0 Å². The summed E-state index contributed by atoms with van der Waals surface area (Å²) in [6.07, 6.45) is 2.16. The van der Waals surface area contributed by atoms with Crippen LogP contribution in [0, 0.1) is 12.8 Å². The van der Waals surface area contributed by atoms with Gasteiger partial charge in [-0.3, -0.25) is 4.79 Å². The molecule has 1 aromatic rings. The highest BCUT2D eigenvalue weighted by molar-refractivity contribution is 5.80. The SMILES string of the molecule is [CH2]CCC(=O)C(C)Cc1ccccc1. The van der Waals surface area contributed by atoms with Crippen LogP contribution >= 0.6 is 0 Å². The van der Waals surface area contributed by atoms with E-state index in [2.05, 4.69) is 19.1 Å². The van der Waals surface area contributed by atoms with Crippen LogP contribution in [0.3, 0.4) is 0 Å². The summed E-state index contributed by atoms with van der Waals surface area (Å²) in [5.41, 5.74) is 1.23. The minimum absolute atomic E-state index is 0.124. The van der Waals surface area contributed by atoms with E-state index in [0.29, 0.717) is 18.6 Å². The van der Waals surface area contributed by atoms with Gasteiger partial charge >= 0.3 is 0 Å². The average molecular weight is 189 g/mol. The molecule has 1 unspecified atom stereocenters. The van der Waals surface area contributed by atoms with E-state index < -0.39 is 0 Å². The maximum atomic E-state index is 11.5. The summed E-state index contributed by atoms with van der Waals surface area (Å²) in [4.78, 5) is 11.5.